The summed E-state index contributed by atoms with van der Waals surface area (Å²) in [4.78, 5) is 4.17. The number of hydrogen-bond acceptors (Lipinski definition) is 3. The van der Waals surface area contributed by atoms with E-state index in [0.717, 1.165) is 10.8 Å². The highest BCUT2D eigenvalue weighted by Gasteiger charge is 2.05. The fourth-order valence-corrected chi connectivity index (χ4v) is 1.45. The minimum Gasteiger partial charge on any atom is -0.508 e. The molecule has 1 N–H and O–H groups in total. The van der Waals surface area contributed by atoms with Crippen LogP contribution in [0.15, 0.2) is 30.5 Å². The molecule has 0 atom stereocenters. The zero-order chi connectivity index (χ0) is 10.8. The second-order valence-electron chi connectivity index (χ2n) is 3.69. The Morgan fingerprint density at radius 1 is 1.27 bits per heavy atom. The molecule has 0 saturated carbocycles. The van der Waals surface area contributed by atoms with E-state index in [-0.39, 0.29) is 11.9 Å². The lowest BCUT2D eigenvalue weighted by atomic mass is 10.1. The fourth-order valence-electron chi connectivity index (χ4n) is 1.45. The average molecular weight is 203 g/mol. The number of nitrogens with zero attached hydrogens (tertiary/aromatic N) is 1. The summed E-state index contributed by atoms with van der Waals surface area (Å²) in [6.45, 7) is 3.92. The van der Waals surface area contributed by atoms with Gasteiger partial charge in [-0.3, -0.25) is 0 Å². The summed E-state index contributed by atoms with van der Waals surface area (Å²) in [7, 11) is 0. The molecule has 0 amide bonds. The van der Waals surface area contributed by atoms with Gasteiger partial charge in [-0.1, -0.05) is 0 Å². The number of benzene rings is 1. The summed E-state index contributed by atoms with van der Waals surface area (Å²) in [5, 5.41) is 11.2. The topological polar surface area (TPSA) is 42.4 Å². The van der Waals surface area contributed by atoms with Crippen LogP contribution in [-0.2, 0) is 0 Å². The highest BCUT2D eigenvalue weighted by Crippen LogP contribution is 2.26. The van der Waals surface area contributed by atoms with Crippen molar-refractivity contribution >= 4 is 10.8 Å². The maximum absolute atomic E-state index is 9.34. The van der Waals surface area contributed by atoms with Gasteiger partial charge < -0.3 is 9.84 Å². The first kappa shape index (κ1) is 9.77. The molecule has 1 aromatic carbocycles. The van der Waals surface area contributed by atoms with E-state index in [9.17, 15) is 5.11 Å². The molecule has 1 heterocycles. The van der Waals surface area contributed by atoms with Crippen molar-refractivity contribution in [2.45, 2.75) is 20.0 Å². The molecule has 0 fully saturated rings. The molecular formula is C12H13NO2. The van der Waals surface area contributed by atoms with Gasteiger partial charge >= 0.3 is 0 Å². The Hall–Kier alpha value is -1.77. The number of aromatic nitrogens is 1. The van der Waals surface area contributed by atoms with E-state index in [1.54, 1.807) is 18.3 Å². The minimum absolute atomic E-state index is 0.0944. The summed E-state index contributed by atoms with van der Waals surface area (Å²) < 4.78 is 5.57. The number of ether oxygens (including phenoxy) is 1. The van der Waals surface area contributed by atoms with Gasteiger partial charge in [-0.2, -0.15) is 0 Å². The Bertz CT molecular complexity index is 480. The van der Waals surface area contributed by atoms with Crippen LogP contribution in [0.2, 0.25) is 0 Å². The van der Waals surface area contributed by atoms with Gasteiger partial charge in [-0.25, -0.2) is 4.98 Å². The van der Waals surface area contributed by atoms with Crippen molar-refractivity contribution in [1.29, 1.82) is 0 Å². The Morgan fingerprint density at radius 2 is 2.07 bits per heavy atom. The van der Waals surface area contributed by atoms with E-state index in [0.29, 0.717) is 5.88 Å². The van der Waals surface area contributed by atoms with E-state index in [1.807, 2.05) is 26.0 Å². The first-order chi connectivity index (χ1) is 7.16. The maximum atomic E-state index is 9.34. The van der Waals surface area contributed by atoms with Crippen LogP contribution in [0.3, 0.4) is 0 Å². The van der Waals surface area contributed by atoms with Crippen LogP contribution in [-0.4, -0.2) is 16.2 Å². The quantitative estimate of drug-likeness (QED) is 0.816. The van der Waals surface area contributed by atoms with Crippen LogP contribution in [0, 0.1) is 0 Å². The van der Waals surface area contributed by atoms with Gasteiger partial charge in [0.1, 0.15) is 5.75 Å². The average Bonchev–Trinajstić information content (AvgIpc) is 2.16. The lowest BCUT2D eigenvalue weighted by molar-refractivity contribution is 0.236. The van der Waals surface area contributed by atoms with E-state index < -0.39 is 0 Å². The maximum Gasteiger partial charge on any atom is 0.221 e. The van der Waals surface area contributed by atoms with E-state index in [2.05, 4.69) is 4.98 Å². The van der Waals surface area contributed by atoms with Crippen molar-refractivity contribution in [1.82, 2.24) is 4.98 Å². The molecule has 0 aliphatic heterocycles. The molecule has 3 nitrogen and oxygen atoms in total. The largest absolute Gasteiger partial charge is 0.508 e. The van der Waals surface area contributed by atoms with Crippen LogP contribution < -0.4 is 4.74 Å². The van der Waals surface area contributed by atoms with Crippen LogP contribution in [0.1, 0.15) is 13.8 Å². The molecule has 1 aromatic heterocycles. The zero-order valence-electron chi connectivity index (χ0n) is 8.77. The van der Waals surface area contributed by atoms with Gasteiger partial charge in [-0.05, 0) is 43.5 Å². The summed E-state index contributed by atoms with van der Waals surface area (Å²) >= 11 is 0. The lowest BCUT2D eigenvalue weighted by Crippen LogP contribution is -2.07. The molecule has 2 rings (SSSR count). The molecule has 0 bridgehead atoms. The second-order valence-corrected chi connectivity index (χ2v) is 3.69. The molecule has 15 heavy (non-hydrogen) atoms. The number of aromatic hydroxyl groups is 1. The predicted molar refractivity (Wildman–Crippen MR) is 59.2 cm³/mol. The van der Waals surface area contributed by atoms with Crippen molar-refractivity contribution in [3.05, 3.63) is 30.5 Å². The number of phenolic OH excluding ortho intramolecular Hbond substituents is 1. The van der Waals surface area contributed by atoms with Crippen LogP contribution in [0.5, 0.6) is 11.6 Å². The Kier molecular flexibility index (Phi) is 2.46. The van der Waals surface area contributed by atoms with E-state index in [1.165, 1.54) is 0 Å². The van der Waals surface area contributed by atoms with Gasteiger partial charge in [0.05, 0.1) is 6.10 Å². The van der Waals surface area contributed by atoms with Crippen molar-refractivity contribution < 1.29 is 9.84 Å². The third-order valence-corrected chi connectivity index (χ3v) is 2.06. The zero-order valence-corrected chi connectivity index (χ0v) is 8.77. The normalized spacial score (nSPS) is 10.9. The molecule has 0 unspecified atom stereocenters. The van der Waals surface area contributed by atoms with Crippen molar-refractivity contribution in [3.8, 4) is 11.6 Å². The molecule has 0 spiro atoms. The van der Waals surface area contributed by atoms with Gasteiger partial charge in [0.15, 0.2) is 0 Å². The van der Waals surface area contributed by atoms with Gasteiger partial charge in [-0.15, -0.1) is 0 Å². The highest BCUT2D eigenvalue weighted by molar-refractivity contribution is 5.87. The van der Waals surface area contributed by atoms with Crippen LogP contribution in [0.4, 0.5) is 0 Å². The Balaban J connectivity index is 2.56. The first-order valence-electron chi connectivity index (χ1n) is 4.91. The number of pyridine rings is 1. The fraction of sp³-hybridized carbons (Fsp3) is 0.250. The van der Waals surface area contributed by atoms with E-state index >= 15 is 0 Å². The smallest absolute Gasteiger partial charge is 0.221 e. The number of phenols is 1. The molecule has 0 saturated heterocycles. The molecule has 2 aromatic rings. The van der Waals surface area contributed by atoms with Crippen LogP contribution in [0.25, 0.3) is 10.8 Å². The van der Waals surface area contributed by atoms with Gasteiger partial charge in [0.25, 0.3) is 0 Å². The van der Waals surface area contributed by atoms with Crippen LogP contribution >= 0.6 is 0 Å². The highest BCUT2D eigenvalue weighted by atomic mass is 16.5. The summed E-state index contributed by atoms with van der Waals surface area (Å²) in [6, 6.07) is 7.00. The molecule has 0 aliphatic rings. The third kappa shape index (κ3) is 2.01. The number of hydrogen-bond donors (Lipinski definition) is 1. The molecular weight excluding hydrogens is 190 g/mol. The van der Waals surface area contributed by atoms with Crippen molar-refractivity contribution in [2.24, 2.45) is 0 Å². The molecule has 0 aliphatic carbocycles. The first-order valence-corrected chi connectivity index (χ1v) is 4.91. The third-order valence-electron chi connectivity index (χ3n) is 2.06. The predicted octanol–water partition coefficient (Wildman–Crippen LogP) is 2.73. The Labute approximate surface area is 88.3 Å². The Morgan fingerprint density at radius 3 is 2.80 bits per heavy atom. The monoisotopic (exact) mass is 203 g/mol. The van der Waals surface area contributed by atoms with E-state index in [4.69, 9.17) is 4.74 Å². The lowest BCUT2D eigenvalue weighted by Gasteiger charge is -2.10. The summed E-state index contributed by atoms with van der Waals surface area (Å²) in [5.74, 6) is 0.867. The number of rotatable bonds is 2. The molecule has 78 valence electrons. The molecule has 3 heteroatoms. The summed E-state index contributed by atoms with van der Waals surface area (Å²) in [5.41, 5.74) is 0. The number of fused-ring (bicyclic) bond motifs is 1. The second kappa shape index (κ2) is 3.77. The van der Waals surface area contributed by atoms with Gasteiger partial charge in [0.2, 0.25) is 5.88 Å². The summed E-state index contributed by atoms with van der Waals surface area (Å²) in [6.07, 6.45) is 1.77. The van der Waals surface area contributed by atoms with Gasteiger partial charge in [0, 0.05) is 11.6 Å². The van der Waals surface area contributed by atoms with Crippen molar-refractivity contribution in [3.63, 3.8) is 0 Å². The standard InChI is InChI=1S/C12H13NO2/c1-8(2)15-12-11-4-3-10(14)7-9(11)5-6-13-12/h3-8,14H,1-2H3. The SMILES string of the molecule is CC(C)Oc1nccc2cc(O)ccc12. The van der Waals surface area contributed by atoms with Crippen molar-refractivity contribution in [2.75, 3.05) is 0 Å². The minimum atomic E-state index is 0.0944. The molecule has 0 radical (unpaired) electrons.